The normalized spacial score (nSPS) is 16.2. The van der Waals surface area contributed by atoms with Gasteiger partial charge in [-0.25, -0.2) is 4.79 Å². The first kappa shape index (κ1) is 29.0. The molecule has 0 saturated carbocycles. The number of rotatable bonds is 8. The number of anilines is 1. The van der Waals surface area contributed by atoms with E-state index in [1.807, 2.05) is 19.9 Å². The molecule has 1 saturated heterocycles. The van der Waals surface area contributed by atoms with Crippen molar-refractivity contribution >= 4 is 52.3 Å². The van der Waals surface area contributed by atoms with Gasteiger partial charge in [-0.05, 0) is 43.2 Å². The summed E-state index contributed by atoms with van der Waals surface area (Å²) in [7, 11) is 2.71. The minimum atomic E-state index is -1.05. The summed E-state index contributed by atoms with van der Waals surface area (Å²) in [4.78, 5) is 41.0. The van der Waals surface area contributed by atoms with Crippen molar-refractivity contribution in [3.05, 3.63) is 92.5 Å². The van der Waals surface area contributed by atoms with Crippen molar-refractivity contribution in [3.8, 4) is 11.5 Å². The number of methoxy groups -OCH3 is 2. The van der Waals surface area contributed by atoms with Gasteiger partial charge in [0, 0.05) is 5.69 Å². The summed E-state index contributed by atoms with van der Waals surface area (Å²) in [6.45, 7) is 3.99. The molecular weight excluding hydrogens is 557 g/mol. The molecule has 1 amide bonds. The Morgan fingerprint density at radius 2 is 1.70 bits per heavy atom. The summed E-state index contributed by atoms with van der Waals surface area (Å²) in [6.07, 6.45) is 0.649. The Bertz CT molecular complexity index is 1530. The third-order valence-electron chi connectivity index (χ3n) is 6.39. The Morgan fingerprint density at radius 3 is 2.35 bits per heavy atom. The van der Waals surface area contributed by atoms with Crippen LogP contribution in [0.1, 0.15) is 46.4 Å². The first-order valence-electron chi connectivity index (χ1n) is 12.4. The van der Waals surface area contributed by atoms with Crippen LogP contribution in [0.2, 0.25) is 10.0 Å². The van der Waals surface area contributed by atoms with Gasteiger partial charge in [0.15, 0.2) is 11.5 Å². The maximum absolute atomic E-state index is 13.6. The van der Waals surface area contributed by atoms with E-state index in [9.17, 15) is 19.5 Å². The highest BCUT2D eigenvalue weighted by atomic mass is 35.5. The van der Waals surface area contributed by atoms with Crippen molar-refractivity contribution in [3.63, 3.8) is 0 Å². The zero-order valence-electron chi connectivity index (χ0n) is 22.3. The van der Waals surface area contributed by atoms with Gasteiger partial charge in [-0.1, -0.05) is 66.0 Å². The highest BCUT2D eigenvalue weighted by Crippen LogP contribution is 2.48. The van der Waals surface area contributed by atoms with Gasteiger partial charge in [0.25, 0.3) is 11.7 Å². The minimum absolute atomic E-state index is 0.00541. The largest absolute Gasteiger partial charge is 0.507 e. The fraction of sp³-hybridized carbons (Fsp3) is 0.233. The van der Waals surface area contributed by atoms with Crippen molar-refractivity contribution in [1.29, 1.82) is 0 Å². The van der Waals surface area contributed by atoms with E-state index in [2.05, 4.69) is 0 Å². The topological polar surface area (TPSA) is 102 Å². The van der Waals surface area contributed by atoms with Crippen LogP contribution in [0.3, 0.4) is 0 Å². The van der Waals surface area contributed by atoms with Gasteiger partial charge in [0.2, 0.25) is 0 Å². The van der Waals surface area contributed by atoms with Crippen LogP contribution >= 0.6 is 23.2 Å². The Morgan fingerprint density at radius 1 is 1.00 bits per heavy atom. The minimum Gasteiger partial charge on any atom is -0.507 e. The highest BCUT2D eigenvalue weighted by molar-refractivity contribution is 6.52. The fourth-order valence-corrected chi connectivity index (χ4v) is 5.29. The van der Waals surface area contributed by atoms with E-state index >= 15 is 0 Å². The lowest BCUT2D eigenvalue weighted by atomic mass is 9.94. The Labute approximate surface area is 241 Å². The number of hydrogen-bond acceptors (Lipinski definition) is 7. The van der Waals surface area contributed by atoms with Crippen LogP contribution in [-0.4, -0.2) is 43.6 Å². The summed E-state index contributed by atoms with van der Waals surface area (Å²) in [6, 6.07) is 13.7. The molecule has 1 unspecified atom stereocenters. The van der Waals surface area contributed by atoms with Crippen LogP contribution in [0.4, 0.5) is 5.69 Å². The number of esters is 1. The Kier molecular flexibility index (Phi) is 8.71. The first-order valence-corrected chi connectivity index (χ1v) is 13.1. The lowest BCUT2D eigenvalue weighted by Gasteiger charge is -2.26. The van der Waals surface area contributed by atoms with E-state index in [0.717, 1.165) is 5.56 Å². The van der Waals surface area contributed by atoms with Crippen LogP contribution in [0.25, 0.3) is 5.76 Å². The molecule has 0 aromatic heterocycles. The molecule has 1 atom stereocenters. The number of carbonyl (C=O) groups is 3. The van der Waals surface area contributed by atoms with Crippen molar-refractivity contribution in [2.75, 3.05) is 25.7 Å². The molecule has 0 bridgehead atoms. The van der Waals surface area contributed by atoms with Crippen LogP contribution in [0, 0.1) is 6.92 Å². The lowest BCUT2D eigenvalue weighted by Crippen LogP contribution is -2.29. The average Bonchev–Trinajstić information content (AvgIpc) is 3.21. The zero-order chi connectivity index (χ0) is 29.1. The summed E-state index contributed by atoms with van der Waals surface area (Å²) in [5, 5.41) is 11.7. The highest BCUT2D eigenvalue weighted by Gasteiger charge is 2.47. The first-order chi connectivity index (χ1) is 19.1. The predicted molar refractivity (Wildman–Crippen MR) is 153 cm³/mol. The molecule has 1 fully saturated rings. The van der Waals surface area contributed by atoms with Crippen molar-refractivity contribution < 1.29 is 33.7 Å². The van der Waals surface area contributed by atoms with Gasteiger partial charge in [-0.2, -0.15) is 0 Å². The Balaban J connectivity index is 1.96. The van der Waals surface area contributed by atoms with Crippen LogP contribution in [0.15, 0.2) is 60.2 Å². The zero-order valence-corrected chi connectivity index (χ0v) is 23.8. The number of ketones is 1. The van der Waals surface area contributed by atoms with Gasteiger partial charge in [-0.15, -0.1) is 0 Å². The number of aliphatic hydroxyl groups is 1. The molecule has 0 aliphatic carbocycles. The van der Waals surface area contributed by atoms with Crippen molar-refractivity contribution in [2.24, 2.45) is 0 Å². The molecule has 40 heavy (non-hydrogen) atoms. The molecule has 10 heteroatoms. The number of Topliss-reactive ketones (excluding diaryl/α,β-unsaturated/α-hetero) is 1. The number of amides is 1. The molecule has 4 rings (SSSR count). The van der Waals surface area contributed by atoms with E-state index in [0.29, 0.717) is 12.0 Å². The second kappa shape index (κ2) is 12.0. The van der Waals surface area contributed by atoms with E-state index < -0.39 is 29.5 Å². The van der Waals surface area contributed by atoms with E-state index in [4.69, 9.17) is 37.4 Å². The van der Waals surface area contributed by atoms with Gasteiger partial charge >= 0.3 is 5.97 Å². The smallest absolute Gasteiger partial charge is 0.338 e. The van der Waals surface area contributed by atoms with E-state index in [-0.39, 0.29) is 50.5 Å². The molecule has 3 aromatic carbocycles. The average molecular weight is 584 g/mol. The summed E-state index contributed by atoms with van der Waals surface area (Å²) >= 11 is 12.8. The number of hydrogen-bond donors (Lipinski definition) is 1. The fourth-order valence-electron chi connectivity index (χ4n) is 4.61. The second-order valence-electron chi connectivity index (χ2n) is 9.06. The molecule has 1 heterocycles. The quantitative estimate of drug-likeness (QED) is 0.139. The molecule has 3 aromatic rings. The number of aliphatic hydroxyl groups excluding tert-OH is 1. The number of carbonyl (C=O) groups excluding carboxylic acids is 3. The molecule has 1 N–H and O–H groups in total. The second-order valence-corrected chi connectivity index (χ2v) is 9.84. The molecule has 1 aliphatic rings. The molecule has 8 nitrogen and oxygen atoms in total. The molecule has 1 aliphatic heterocycles. The maximum atomic E-state index is 13.6. The summed E-state index contributed by atoms with van der Waals surface area (Å²) in [5.41, 5.74) is 1.72. The van der Waals surface area contributed by atoms with Crippen molar-refractivity contribution in [2.45, 2.75) is 26.3 Å². The van der Waals surface area contributed by atoms with E-state index in [1.165, 1.54) is 31.3 Å². The molecule has 208 valence electrons. The molecule has 0 spiro atoms. The predicted octanol–water partition coefficient (Wildman–Crippen LogP) is 6.51. The lowest BCUT2D eigenvalue weighted by molar-refractivity contribution is -0.132. The van der Waals surface area contributed by atoms with Crippen LogP contribution in [0.5, 0.6) is 11.5 Å². The number of aryl methyl sites for hydroxylation is 1. The standard InChI is InChI=1S/C30H27Cl2NO7/c1-5-12-40-30(37)18-10-7-11-19(14-18)33-24(17-9-6-8-16(2)13-17)22(26(35)29(33)36)25(34)20-15-21(31)28(39-4)23(32)27(20)38-3/h6-11,13-15,24,34H,5,12H2,1-4H3/b25-22+. The number of halogens is 2. The van der Waals surface area contributed by atoms with Crippen LogP contribution in [-0.2, 0) is 14.3 Å². The van der Waals surface area contributed by atoms with Gasteiger partial charge in [0.05, 0.1) is 48.6 Å². The van der Waals surface area contributed by atoms with Gasteiger partial charge in [0.1, 0.15) is 10.8 Å². The monoisotopic (exact) mass is 583 g/mol. The maximum Gasteiger partial charge on any atom is 0.338 e. The number of benzene rings is 3. The van der Waals surface area contributed by atoms with Gasteiger partial charge < -0.3 is 19.3 Å². The van der Waals surface area contributed by atoms with Gasteiger partial charge in [-0.3, -0.25) is 14.5 Å². The summed E-state index contributed by atoms with van der Waals surface area (Å²) in [5.74, 6) is -2.78. The molecule has 0 radical (unpaired) electrons. The third-order valence-corrected chi connectivity index (χ3v) is 7.02. The SMILES string of the molecule is CCCOC(=O)c1cccc(N2C(=O)C(=O)/C(=C(/O)c3cc(Cl)c(OC)c(Cl)c3OC)C2c2cccc(C)c2)c1. The van der Waals surface area contributed by atoms with Crippen molar-refractivity contribution in [1.82, 2.24) is 0 Å². The molecular formula is C30H27Cl2NO7. The third kappa shape index (κ3) is 5.24. The summed E-state index contributed by atoms with van der Waals surface area (Å²) < 4.78 is 15.9. The van der Waals surface area contributed by atoms with Crippen LogP contribution < -0.4 is 14.4 Å². The number of nitrogens with zero attached hydrogens (tertiary/aromatic N) is 1. The van der Waals surface area contributed by atoms with E-state index in [1.54, 1.807) is 36.4 Å². The number of ether oxygens (including phenoxy) is 3. The Hall–Kier alpha value is -4.01.